The van der Waals surface area contributed by atoms with Gasteiger partial charge in [0.15, 0.2) is 0 Å². The number of halogens is 1. The molecule has 0 heterocycles. The Morgan fingerprint density at radius 2 is 1.82 bits per heavy atom. The van der Waals surface area contributed by atoms with Crippen molar-refractivity contribution in [3.05, 3.63) is 47.2 Å². The fourth-order valence-electron chi connectivity index (χ4n) is 1.67. The van der Waals surface area contributed by atoms with Crippen molar-refractivity contribution in [2.75, 3.05) is 0 Å². The number of allylic oxidation sites excluding steroid dienone is 7. The maximum absolute atomic E-state index is 13.5. The van der Waals surface area contributed by atoms with Crippen LogP contribution in [0.15, 0.2) is 47.2 Å². The van der Waals surface area contributed by atoms with E-state index in [1.165, 1.54) is 11.8 Å². The highest BCUT2D eigenvalue weighted by molar-refractivity contribution is 5.34. The lowest BCUT2D eigenvalue weighted by molar-refractivity contribution is 0.413. The Morgan fingerprint density at radius 3 is 2.24 bits per heavy atom. The topological polar surface area (TPSA) is 26.0 Å². The number of hydrogen-bond donors (Lipinski definition) is 1. The molecule has 2 heteroatoms. The second-order valence-corrected chi connectivity index (χ2v) is 4.01. The lowest BCUT2D eigenvalue weighted by atomic mass is 9.99. The predicted octanol–water partition coefficient (Wildman–Crippen LogP) is 4.44. The summed E-state index contributed by atoms with van der Waals surface area (Å²) in [6, 6.07) is 0. The molecule has 1 nitrogen and oxygen atoms in total. The van der Waals surface area contributed by atoms with Gasteiger partial charge in [0.25, 0.3) is 0 Å². The predicted molar refractivity (Wildman–Crippen MR) is 74.4 cm³/mol. The van der Waals surface area contributed by atoms with Gasteiger partial charge in [0.2, 0.25) is 0 Å². The van der Waals surface area contributed by atoms with Crippen LogP contribution in [0.25, 0.3) is 0 Å². The van der Waals surface area contributed by atoms with Crippen molar-refractivity contribution in [2.24, 2.45) is 5.73 Å². The average Bonchev–Trinajstić information content (AvgIpc) is 2.31. The smallest absolute Gasteiger partial charge is 0.122 e. The maximum Gasteiger partial charge on any atom is 0.122 e. The molecule has 0 aromatic rings. The summed E-state index contributed by atoms with van der Waals surface area (Å²) in [5, 5.41) is 0. The molecule has 0 aromatic carbocycles. The second-order valence-electron chi connectivity index (χ2n) is 4.01. The quantitative estimate of drug-likeness (QED) is 0.679. The highest BCUT2D eigenvalue weighted by Gasteiger charge is 2.08. The van der Waals surface area contributed by atoms with Gasteiger partial charge < -0.3 is 5.73 Å². The molecule has 2 N–H and O–H groups in total. The van der Waals surface area contributed by atoms with Crippen molar-refractivity contribution < 1.29 is 4.39 Å². The van der Waals surface area contributed by atoms with Gasteiger partial charge in [-0.1, -0.05) is 43.2 Å². The molecule has 0 rings (SSSR count). The van der Waals surface area contributed by atoms with E-state index in [9.17, 15) is 4.39 Å². The van der Waals surface area contributed by atoms with Crippen molar-refractivity contribution in [1.82, 2.24) is 0 Å². The van der Waals surface area contributed by atoms with Gasteiger partial charge in [-0.25, -0.2) is 4.39 Å². The minimum atomic E-state index is -0.918. The van der Waals surface area contributed by atoms with E-state index in [2.05, 4.69) is 13.8 Å². The number of hydrogen-bond acceptors (Lipinski definition) is 1. The average molecular weight is 237 g/mol. The van der Waals surface area contributed by atoms with E-state index in [1.54, 1.807) is 13.0 Å². The Bertz CT molecular complexity index is 327. The third-order valence-electron chi connectivity index (χ3n) is 2.69. The molecule has 0 radical (unpaired) electrons. The molecular formula is C15H24FN. The Hall–Kier alpha value is -1.31. The zero-order chi connectivity index (χ0) is 13.3. The van der Waals surface area contributed by atoms with E-state index in [1.807, 2.05) is 25.2 Å². The van der Waals surface area contributed by atoms with E-state index in [0.717, 1.165) is 24.0 Å². The van der Waals surface area contributed by atoms with Crippen molar-refractivity contribution in [3.8, 4) is 0 Å². The van der Waals surface area contributed by atoms with Crippen LogP contribution in [0.5, 0.6) is 0 Å². The summed E-state index contributed by atoms with van der Waals surface area (Å²) in [5.74, 6) is 0. The largest absolute Gasteiger partial charge is 0.405 e. The molecule has 0 saturated heterocycles. The SMILES string of the molecule is CCC(CC)=C(\C=C/C(C)=C\C=C\N)C(C)F. The Kier molecular flexibility index (Phi) is 8.12. The van der Waals surface area contributed by atoms with Crippen LogP contribution >= 0.6 is 0 Å². The maximum atomic E-state index is 13.5. The molecule has 96 valence electrons. The van der Waals surface area contributed by atoms with E-state index in [4.69, 9.17) is 5.73 Å². The van der Waals surface area contributed by atoms with E-state index >= 15 is 0 Å². The van der Waals surface area contributed by atoms with Crippen molar-refractivity contribution >= 4 is 0 Å². The van der Waals surface area contributed by atoms with Crippen LogP contribution in [0.3, 0.4) is 0 Å². The molecule has 0 saturated carbocycles. The molecule has 17 heavy (non-hydrogen) atoms. The van der Waals surface area contributed by atoms with Crippen LogP contribution in [0.4, 0.5) is 4.39 Å². The van der Waals surface area contributed by atoms with E-state index in [-0.39, 0.29) is 0 Å². The first-order valence-electron chi connectivity index (χ1n) is 6.15. The first kappa shape index (κ1) is 15.7. The first-order chi connectivity index (χ1) is 8.06. The molecule has 0 aliphatic carbocycles. The normalized spacial score (nSPS) is 14.5. The lowest BCUT2D eigenvalue weighted by Crippen LogP contribution is -2.00. The van der Waals surface area contributed by atoms with Crippen molar-refractivity contribution in [1.29, 1.82) is 0 Å². The number of rotatable bonds is 6. The van der Waals surface area contributed by atoms with Crippen LogP contribution in [-0.4, -0.2) is 6.17 Å². The Morgan fingerprint density at radius 1 is 1.24 bits per heavy atom. The summed E-state index contributed by atoms with van der Waals surface area (Å²) >= 11 is 0. The highest BCUT2D eigenvalue weighted by Crippen LogP contribution is 2.20. The molecule has 0 fully saturated rings. The summed E-state index contributed by atoms with van der Waals surface area (Å²) in [6.45, 7) is 7.68. The molecule has 0 aromatic heterocycles. The molecule has 1 unspecified atom stereocenters. The monoisotopic (exact) mass is 237 g/mol. The molecule has 0 spiro atoms. The second kappa shape index (κ2) is 8.80. The summed E-state index contributed by atoms with van der Waals surface area (Å²) < 4.78 is 13.5. The molecule has 0 bridgehead atoms. The van der Waals surface area contributed by atoms with Crippen LogP contribution in [0.2, 0.25) is 0 Å². The van der Waals surface area contributed by atoms with Gasteiger partial charge in [-0.05, 0) is 44.5 Å². The molecular weight excluding hydrogens is 213 g/mol. The van der Waals surface area contributed by atoms with Gasteiger partial charge >= 0.3 is 0 Å². The standard InChI is InChI=1S/C15H24FN/c1-5-14(6-2)15(13(4)16)10-9-12(3)8-7-11-17/h7-11,13H,5-6,17H2,1-4H3/b10-9-,11-7+,12-8-. The van der Waals surface area contributed by atoms with Gasteiger partial charge in [-0.3, -0.25) is 0 Å². The zero-order valence-corrected chi connectivity index (χ0v) is 11.3. The van der Waals surface area contributed by atoms with E-state index in [0.29, 0.717) is 0 Å². The Balaban J connectivity index is 5.02. The lowest BCUT2D eigenvalue weighted by Gasteiger charge is -2.10. The van der Waals surface area contributed by atoms with Crippen LogP contribution < -0.4 is 5.73 Å². The summed E-state index contributed by atoms with van der Waals surface area (Å²) in [5.41, 5.74) is 8.29. The van der Waals surface area contributed by atoms with Gasteiger partial charge in [0, 0.05) is 0 Å². The molecule has 0 aliphatic rings. The third kappa shape index (κ3) is 6.10. The minimum absolute atomic E-state index is 0.805. The van der Waals surface area contributed by atoms with Crippen LogP contribution in [-0.2, 0) is 0 Å². The van der Waals surface area contributed by atoms with Gasteiger partial charge in [0.05, 0.1) is 0 Å². The van der Waals surface area contributed by atoms with Crippen LogP contribution in [0.1, 0.15) is 40.5 Å². The van der Waals surface area contributed by atoms with Gasteiger partial charge in [0.1, 0.15) is 6.17 Å². The van der Waals surface area contributed by atoms with E-state index < -0.39 is 6.17 Å². The zero-order valence-electron chi connectivity index (χ0n) is 11.3. The third-order valence-corrected chi connectivity index (χ3v) is 2.69. The van der Waals surface area contributed by atoms with Crippen molar-refractivity contribution in [3.63, 3.8) is 0 Å². The number of alkyl halides is 1. The molecule has 1 atom stereocenters. The van der Waals surface area contributed by atoms with Gasteiger partial charge in [-0.2, -0.15) is 0 Å². The highest BCUT2D eigenvalue weighted by atomic mass is 19.1. The minimum Gasteiger partial charge on any atom is -0.405 e. The number of nitrogens with two attached hydrogens (primary N) is 1. The summed E-state index contributed by atoms with van der Waals surface area (Å²) in [6.07, 6.45) is 9.83. The summed E-state index contributed by atoms with van der Waals surface area (Å²) in [7, 11) is 0. The molecule has 0 aliphatic heterocycles. The fraction of sp³-hybridized carbons (Fsp3) is 0.467. The first-order valence-corrected chi connectivity index (χ1v) is 6.15. The fourth-order valence-corrected chi connectivity index (χ4v) is 1.67. The summed E-state index contributed by atoms with van der Waals surface area (Å²) in [4.78, 5) is 0. The molecule has 0 amide bonds. The van der Waals surface area contributed by atoms with Crippen molar-refractivity contribution in [2.45, 2.75) is 46.7 Å². The van der Waals surface area contributed by atoms with Crippen LogP contribution in [0, 0.1) is 0 Å². The van der Waals surface area contributed by atoms with Gasteiger partial charge in [-0.15, -0.1) is 0 Å². The Labute approximate surface area is 105 Å².